The highest BCUT2D eigenvalue weighted by molar-refractivity contribution is 7.99. The standard InChI is InChI=1S/C25H30N4OS2/c1-6-14-29-22(15-31-20-12-10-18(4)11-13-20)27-28-25(29)32-16-23(30)26-24-19(5)8-7-9-21(24)17(2)3/h6-13,17H,1,14-16H2,2-5H3,(H,26,30). The van der Waals surface area contributed by atoms with Crippen molar-refractivity contribution in [2.24, 2.45) is 0 Å². The predicted molar refractivity (Wildman–Crippen MR) is 136 cm³/mol. The van der Waals surface area contributed by atoms with Gasteiger partial charge in [0.2, 0.25) is 5.91 Å². The quantitative estimate of drug-likeness (QED) is 0.284. The van der Waals surface area contributed by atoms with Gasteiger partial charge in [0.15, 0.2) is 5.16 Å². The van der Waals surface area contributed by atoms with E-state index >= 15 is 0 Å². The molecule has 2 aromatic carbocycles. The van der Waals surface area contributed by atoms with Gasteiger partial charge in [-0.1, -0.05) is 67.6 Å². The Morgan fingerprint density at radius 2 is 1.88 bits per heavy atom. The minimum absolute atomic E-state index is 0.0464. The highest BCUT2D eigenvalue weighted by Crippen LogP contribution is 2.28. The van der Waals surface area contributed by atoms with Gasteiger partial charge >= 0.3 is 0 Å². The number of para-hydroxylation sites is 1. The van der Waals surface area contributed by atoms with E-state index in [-0.39, 0.29) is 11.7 Å². The highest BCUT2D eigenvalue weighted by Gasteiger charge is 2.16. The molecule has 0 atom stereocenters. The molecular formula is C25H30N4OS2. The van der Waals surface area contributed by atoms with E-state index in [2.05, 4.69) is 73.2 Å². The number of hydrogen-bond donors (Lipinski definition) is 1. The van der Waals surface area contributed by atoms with E-state index in [0.29, 0.717) is 18.2 Å². The van der Waals surface area contributed by atoms with E-state index in [1.54, 1.807) is 11.8 Å². The summed E-state index contributed by atoms with van der Waals surface area (Å²) in [7, 11) is 0. The van der Waals surface area contributed by atoms with Crippen LogP contribution in [0.15, 0.2) is 65.2 Å². The van der Waals surface area contributed by atoms with Crippen LogP contribution in [0.25, 0.3) is 0 Å². The molecule has 0 radical (unpaired) electrons. The molecule has 0 aliphatic carbocycles. The molecular weight excluding hydrogens is 436 g/mol. The Morgan fingerprint density at radius 3 is 2.56 bits per heavy atom. The van der Waals surface area contributed by atoms with Crippen molar-refractivity contribution in [2.45, 2.75) is 56.0 Å². The molecule has 0 spiro atoms. The first kappa shape index (κ1) is 24.1. The number of anilines is 1. The summed E-state index contributed by atoms with van der Waals surface area (Å²) >= 11 is 3.12. The molecule has 168 valence electrons. The first-order valence-electron chi connectivity index (χ1n) is 10.6. The number of benzene rings is 2. The van der Waals surface area contributed by atoms with Crippen LogP contribution in [0.4, 0.5) is 5.69 Å². The van der Waals surface area contributed by atoms with Gasteiger partial charge in [0.05, 0.1) is 11.5 Å². The number of aromatic nitrogens is 3. The third-order valence-corrected chi connectivity index (χ3v) is 6.99. The molecule has 0 aliphatic heterocycles. The van der Waals surface area contributed by atoms with Crippen molar-refractivity contribution in [3.8, 4) is 0 Å². The summed E-state index contributed by atoms with van der Waals surface area (Å²) in [6, 6.07) is 14.6. The van der Waals surface area contributed by atoms with Crippen molar-refractivity contribution in [3.63, 3.8) is 0 Å². The van der Waals surface area contributed by atoms with Gasteiger partial charge in [-0.05, 0) is 43.0 Å². The van der Waals surface area contributed by atoms with Crippen LogP contribution in [-0.4, -0.2) is 26.4 Å². The zero-order chi connectivity index (χ0) is 23.1. The third-order valence-electron chi connectivity index (χ3n) is 5.02. The van der Waals surface area contributed by atoms with E-state index in [9.17, 15) is 4.79 Å². The molecule has 1 N–H and O–H groups in total. The Morgan fingerprint density at radius 1 is 1.12 bits per heavy atom. The maximum absolute atomic E-state index is 12.7. The number of thioether (sulfide) groups is 2. The Labute approximate surface area is 199 Å². The fourth-order valence-corrected chi connectivity index (χ4v) is 4.88. The minimum Gasteiger partial charge on any atom is -0.325 e. The van der Waals surface area contributed by atoms with Gasteiger partial charge in [-0.2, -0.15) is 0 Å². The van der Waals surface area contributed by atoms with E-state index in [4.69, 9.17) is 0 Å². The number of rotatable bonds is 10. The summed E-state index contributed by atoms with van der Waals surface area (Å²) in [6.45, 7) is 12.8. The lowest BCUT2D eigenvalue weighted by atomic mass is 9.98. The summed E-state index contributed by atoms with van der Waals surface area (Å²) in [5.74, 6) is 2.14. The predicted octanol–water partition coefficient (Wildman–Crippen LogP) is 6.23. The summed E-state index contributed by atoms with van der Waals surface area (Å²) in [4.78, 5) is 13.9. The number of aryl methyl sites for hydroxylation is 2. The molecule has 0 fully saturated rings. The minimum atomic E-state index is -0.0464. The lowest BCUT2D eigenvalue weighted by Crippen LogP contribution is -2.17. The molecule has 3 rings (SSSR count). The van der Waals surface area contributed by atoms with E-state index in [1.807, 2.05) is 29.7 Å². The summed E-state index contributed by atoms with van der Waals surface area (Å²) in [5.41, 5.74) is 4.37. The number of carbonyl (C=O) groups is 1. The van der Waals surface area contributed by atoms with Gasteiger partial charge in [0.1, 0.15) is 5.82 Å². The lowest BCUT2D eigenvalue weighted by Gasteiger charge is -2.16. The first-order valence-corrected chi connectivity index (χ1v) is 12.6. The fourth-order valence-electron chi connectivity index (χ4n) is 3.28. The number of nitrogens with zero attached hydrogens (tertiary/aromatic N) is 3. The second-order valence-corrected chi connectivity index (χ2v) is 9.92. The summed E-state index contributed by atoms with van der Waals surface area (Å²) in [5, 5.41) is 12.5. The summed E-state index contributed by atoms with van der Waals surface area (Å²) < 4.78 is 2.03. The molecule has 0 saturated carbocycles. The van der Waals surface area contributed by atoms with Gasteiger partial charge in [-0.15, -0.1) is 28.5 Å². The van der Waals surface area contributed by atoms with Crippen LogP contribution in [-0.2, 0) is 17.1 Å². The third kappa shape index (κ3) is 6.26. The van der Waals surface area contributed by atoms with Gasteiger partial charge < -0.3 is 9.88 Å². The van der Waals surface area contributed by atoms with Crippen molar-refractivity contribution in [1.29, 1.82) is 0 Å². The van der Waals surface area contributed by atoms with Crippen LogP contribution in [0.3, 0.4) is 0 Å². The first-order chi connectivity index (χ1) is 15.4. The van der Waals surface area contributed by atoms with Crippen LogP contribution in [0, 0.1) is 13.8 Å². The van der Waals surface area contributed by atoms with Crippen LogP contribution in [0.1, 0.15) is 42.3 Å². The van der Waals surface area contributed by atoms with E-state index in [1.165, 1.54) is 22.2 Å². The molecule has 1 heterocycles. The molecule has 3 aromatic rings. The average molecular weight is 467 g/mol. The zero-order valence-electron chi connectivity index (χ0n) is 19.1. The second-order valence-electron chi connectivity index (χ2n) is 7.93. The van der Waals surface area contributed by atoms with Gasteiger partial charge in [0.25, 0.3) is 0 Å². The van der Waals surface area contributed by atoms with Crippen molar-refractivity contribution >= 4 is 35.1 Å². The number of hydrogen-bond acceptors (Lipinski definition) is 5. The zero-order valence-corrected chi connectivity index (χ0v) is 20.7. The molecule has 32 heavy (non-hydrogen) atoms. The van der Waals surface area contributed by atoms with Crippen molar-refractivity contribution < 1.29 is 4.79 Å². The Bertz CT molecular complexity index is 1070. The van der Waals surface area contributed by atoms with Crippen LogP contribution in [0.5, 0.6) is 0 Å². The molecule has 0 saturated heterocycles. The number of amides is 1. The van der Waals surface area contributed by atoms with Crippen LogP contribution in [0.2, 0.25) is 0 Å². The smallest absolute Gasteiger partial charge is 0.234 e. The monoisotopic (exact) mass is 466 g/mol. The van der Waals surface area contributed by atoms with Crippen LogP contribution >= 0.6 is 23.5 Å². The van der Waals surface area contributed by atoms with Gasteiger partial charge in [-0.3, -0.25) is 4.79 Å². The molecule has 0 aliphatic rings. The average Bonchev–Trinajstić information content (AvgIpc) is 3.15. The Kier molecular flexibility index (Phi) is 8.59. The number of carbonyl (C=O) groups excluding carboxylic acids is 1. The Balaban J connectivity index is 1.65. The highest BCUT2D eigenvalue weighted by atomic mass is 32.2. The number of allylic oxidation sites excluding steroid dienone is 1. The normalized spacial score (nSPS) is 11.0. The van der Waals surface area contributed by atoms with E-state index < -0.39 is 0 Å². The summed E-state index contributed by atoms with van der Waals surface area (Å²) in [6.07, 6.45) is 1.83. The van der Waals surface area contributed by atoms with Gasteiger partial charge in [-0.25, -0.2) is 0 Å². The van der Waals surface area contributed by atoms with Crippen LogP contribution < -0.4 is 5.32 Å². The molecule has 7 heteroatoms. The van der Waals surface area contributed by atoms with Crippen molar-refractivity contribution in [3.05, 3.63) is 77.6 Å². The maximum Gasteiger partial charge on any atom is 0.234 e. The molecule has 1 aromatic heterocycles. The van der Waals surface area contributed by atoms with E-state index in [0.717, 1.165) is 27.8 Å². The molecule has 5 nitrogen and oxygen atoms in total. The maximum atomic E-state index is 12.7. The molecule has 1 amide bonds. The molecule has 0 unspecified atom stereocenters. The Hall–Kier alpha value is -2.51. The van der Waals surface area contributed by atoms with Gasteiger partial charge in [0, 0.05) is 17.1 Å². The largest absolute Gasteiger partial charge is 0.325 e. The number of nitrogens with one attached hydrogen (secondary N) is 1. The van der Waals surface area contributed by atoms with Crippen molar-refractivity contribution in [1.82, 2.24) is 14.8 Å². The molecule has 0 bridgehead atoms. The lowest BCUT2D eigenvalue weighted by molar-refractivity contribution is -0.113. The second kappa shape index (κ2) is 11.4. The topological polar surface area (TPSA) is 59.8 Å². The van der Waals surface area contributed by atoms with Crippen molar-refractivity contribution in [2.75, 3.05) is 11.1 Å². The SMILES string of the molecule is C=CCn1c(CSc2ccc(C)cc2)nnc1SCC(=O)Nc1c(C)cccc1C(C)C. The fraction of sp³-hybridized carbons (Fsp3) is 0.320.